The molecule has 4 heteroatoms. The van der Waals surface area contributed by atoms with Gasteiger partial charge in [0.25, 0.3) is 0 Å². The number of piperidine rings is 1. The molecule has 5 saturated carbocycles. The molecule has 1 amide bonds. The first-order chi connectivity index (χ1) is 11.6. The molecule has 5 aliphatic carbocycles. The third-order valence-electron chi connectivity index (χ3n) is 8.19. The minimum absolute atomic E-state index is 0.138. The topological polar surface area (TPSA) is 52.6 Å². The van der Waals surface area contributed by atoms with Crippen LogP contribution in [0.15, 0.2) is 0 Å². The fourth-order valence-corrected chi connectivity index (χ4v) is 7.13. The van der Waals surface area contributed by atoms with Crippen LogP contribution in [0.1, 0.15) is 64.2 Å². The molecule has 0 radical (unpaired) electrons. The number of hydrogen-bond donors (Lipinski definition) is 2. The van der Waals surface area contributed by atoms with Crippen molar-refractivity contribution in [2.75, 3.05) is 13.1 Å². The Bertz CT molecular complexity index is 482. The van der Waals surface area contributed by atoms with Crippen molar-refractivity contribution in [1.29, 1.82) is 0 Å². The summed E-state index contributed by atoms with van der Waals surface area (Å²) < 4.78 is 0. The molecule has 1 aliphatic heterocycles. The zero-order valence-corrected chi connectivity index (χ0v) is 14.8. The molecule has 1 saturated heterocycles. The van der Waals surface area contributed by atoms with Gasteiger partial charge in [-0.3, -0.25) is 9.69 Å². The number of amides is 1. The van der Waals surface area contributed by atoms with Crippen LogP contribution in [0.2, 0.25) is 0 Å². The molecule has 4 bridgehead atoms. The number of nitrogens with zero attached hydrogens (tertiary/aromatic N) is 1. The molecule has 1 atom stereocenters. The van der Waals surface area contributed by atoms with Crippen LogP contribution in [0.5, 0.6) is 0 Å². The molecule has 2 N–H and O–H groups in total. The van der Waals surface area contributed by atoms with Crippen molar-refractivity contribution in [3.05, 3.63) is 0 Å². The molecule has 1 spiro atoms. The molecule has 6 fully saturated rings. The van der Waals surface area contributed by atoms with Crippen LogP contribution < -0.4 is 5.32 Å². The Balaban J connectivity index is 1.22. The average Bonchev–Trinajstić information content (AvgIpc) is 2.50. The van der Waals surface area contributed by atoms with E-state index in [9.17, 15) is 9.90 Å². The van der Waals surface area contributed by atoms with Gasteiger partial charge in [0.1, 0.15) is 0 Å². The zero-order chi connectivity index (χ0) is 16.3. The predicted molar refractivity (Wildman–Crippen MR) is 92.4 cm³/mol. The second-order valence-electron chi connectivity index (χ2n) is 9.67. The first kappa shape index (κ1) is 15.6. The number of rotatable bonds is 3. The van der Waals surface area contributed by atoms with Gasteiger partial charge < -0.3 is 10.4 Å². The summed E-state index contributed by atoms with van der Waals surface area (Å²) in [5.41, 5.74) is 0.138. The fraction of sp³-hybridized carbons (Fsp3) is 0.950. The molecule has 4 nitrogen and oxygen atoms in total. The van der Waals surface area contributed by atoms with E-state index in [-0.39, 0.29) is 17.6 Å². The van der Waals surface area contributed by atoms with E-state index in [0.717, 1.165) is 55.9 Å². The highest BCUT2D eigenvalue weighted by Crippen LogP contribution is 2.53. The van der Waals surface area contributed by atoms with Crippen molar-refractivity contribution in [3.8, 4) is 0 Å². The zero-order valence-electron chi connectivity index (χ0n) is 14.8. The van der Waals surface area contributed by atoms with Crippen LogP contribution in [-0.4, -0.2) is 46.7 Å². The van der Waals surface area contributed by atoms with Gasteiger partial charge in [0.2, 0.25) is 5.91 Å². The highest BCUT2D eigenvalue weighted by molar-refractivity contribution is 5.78. The van der Waals surface area contributed by atoms with Crippen molar-refractivity contribution < 1.29 is 9.90 Å². The van der Waals surface area contributed by atoms with Crippen molar-refractivity contribution in [2.24, 2.45) is 23.7 Å². The lowest BCUT2D eigenvalue weighted by molar-refractivity contribution is -0.132. The van der Waals surface area contributed by atoms with Gasteiger partial charge in [0, 0.05) is 18.1 Å². The first-order valence-corrected chi connectivity index (χ1v) is 10.3. The average molecular weight is 332 g/mol. The second-order valence-corrected chi connectivity index (χ2v) is 9.67. The van der Waals surface area contributed by atoms with Crippen LogP contribution in [0.4, 0.5) is 0 Å². The van der Waals surface area contributed by atoms with Gasteiger partial charge in [-0.2, -0.15) is 0 Å². The molecule has 0 aromatic carbocycles. The minimum Gasteiger partial charge on any atom is -0.393 e. The summed E-state index contributed by atoms with van der Waals surface area (Å²) in [4.78, 5) is 15.2. The molecule has 6 rings (SSSR count). The molecule has 1 unspecified atom stereocenters. The van der Waals surface area contributed by atoms with Crippen LogP contribution in [-0.2, 0) is 4.79 Å². The Hall–Kier alpha value is -0.610. The monoisotopic (exact) mass is 332 g/mol. The van der Waals surface area contributed by atoms with E-state index in [1.807, 2.05) is 0 Å². The van der Waals surface area contributed by atoms with Crippen molar-refractivity contribution >= 4 is 5.91 Å². The molecule has 6 aliphatic rings. The van der Waals surface area contributed by atoms with Crippen LogP contribution in [0, 0.1) is 23.7 Å². The summed E-state index contributed by atoms with van der Waals surface area (Å²) in [6.45, 7) is 1.44. The number of nitrogens with one attached hydrogen (secondary N) is 1. The van der Waals surface area contributed by atoms with E-state index in [0.29, 0.717) is 12.6 Å². The predicted octanol–water partition coefficient (Wildman–Crippen LogP) is 2.31. The first-order valence-electron chi connectivity index (χ1n) is 10.3. The van der Waals surface area contributed by atoms with Gasteiger partial charge in [0.15, 0.2) is 0 Å². The normalized spacial score (nSPS) is 46.0. The maximum absolute atomic E-state index is 12.8. The molecule has 134 valence electrons. The third-order valence-corrected chi connectivity index (χ3v) is 8.19. The number of carbonyl (C=O) groups excluding carboxylic acids is 1. The van der Waals surface area contributed by atoms with E-state index in [2.05, 4.69) is 10.2 Å². The van der Waals surface area contributed by atoms with Crippen LogP contribution in [0.25, 0.3) is 0 Å². The van der Waals surface area contributed by atoms with Gasteiger partial charge in [-0.05, 0) is 87.9 Å². The van der Waals surface area contributed by atoms with Crippen molar-refractivity contribution in [2.45, 2.75) is 81.9 Å². The molecular formula is C20H32N2O2. The van der Waals surface area contributed by atoms with E-state index >= 15 is 0 Å². The largest absolute Gasteiger partial charge is 0.393 e. The summed E-state index contributed by atoms with van der Waals surface area (Å²) in [7, 11) is 0. The van der Waals surface area contributed by atoms with Gasteiger partial charge in [-0.15, -0.1) is 0 Å². The van der Waals surface area contributed by atoms with E-state index in [1.165, 1.54) is 38.5 Å². The van der Waals surface area contributed by atoms with E-state index in [4.69, 9.17) is 0 Å². The van der Waals surface area contributed by atoms with Crippen molar-refractivity contribution in [1.82, 2.24) is 10.2 Å². The lowest BCUT2D eigenvalue weighted by Gasteiger charge is -2.55. The summed E-state index contributed by atoms with van der Waals surface area (Å²) in [5, 5.41) is 13.5. The molecule has 0 aromatic rings. The maximum atomic E-state index is 12.8. The quantitative estimate of drug-likeness (QED) is 0.834. The van der Waals surface area contributed by atoms with Crippen LogP contribution in [0.3, 0.4) is 0 Å². The summed E-state index contributed by atoms with van der Waals surface area (Å²) >= 11 is 0. The highest BCUT2D eigenvalue weighted by Gasteiger charge is 2.50. The minimum atomic E-state index is -0.158. The SMILES string of the molecule is O=C(CN1CCC(O)CC12CCC2)NC1C2CC3CC(C2)CC1C3. The summed E-state index contributed by atoms with van der Waals surface area (Å²) in [6, 6.07) is 0.457. The smallest absolute Gasteiger partial charge is 0.234 e. The Kier molecular flexibility index (Phi) is 3.71. The lowest BCUT2D eigenvalue weighted by Crippen LogP contribution is -2.62. The van der Waals surface area contributed by atoms with Crippen molar-refractivity contribution in [3.63, 3.8) is 0 Å². The van der Waals surface area contributed by atoms with Gasteiger partial charge in [-0.25, -0.2) is 0 Å². The van der Waals surface area contributed by atoms with E-state index < -0.39 is 0 Å². The Morgan fingerprint density at radius 1 is 1.08 bits per heavy atom. The Morgan fingerprint density at radius 2 is 1.75 bits per heavy atom. The van der Waals surface area contributed by atoms with Crippen LogP contribution >= 0.6 is 0 Å². The third kappa shape index (κ3) is 2.52. The lowest BCUT2D eigenvalue weighted by atomic mass is 9.54. The molecule has 1 heterocycles. The van der Waals surface area contributed by atoms with Gasteiger partial charge >= 0.3 is 0 Å². The number of likely N-dealkylation sites (tertiary alicyclic amines) is 1. The highest BCUT2D eigenvalue weighted by atomic mass is 16.3. The Labute approximate surface area is 145 Å². The fourth-order valence-electron chi connectivity index (χ4n) is 7.13. The number of hydrogen-bond acceptors (Lipinski definition) is 3. The molecule has 24 heavy (non-hydrogen) atoms. The van der Waals surface area contributed by atoms with E-state index in [1.54, 1.807) is 0 Å². The number of aliphatic hydroxyl groups excluding tert-OH is 1. The maximum Gasteiger partial charge on any atom is 0.234 e. The standard InChI is InChI=1S/C20H32N2O2/c23-17-2-5-22(20(11-17)3-1-4-20)12-18(24)21-19-15-7-13-6-14(9-15)10-16(19)8-13/h13-17,19,23H,1-12H2,(H,21,24). The Morgan fingerprint density at radius 3 is 2.33 bits per heavy atom. The molecule has 0 aromatic heterocycles. The second kappa shape index (κ2) is 5.70. The van der Waals surface area contributed by atoms with Gasteiger partial charge in [0.05, 0.1) is 12.6 Å². The number of aliphatic hydroxyl groups is 1. The summed E-state index contributed by atoms with van der Waals surface area (Å²) in [5.74, 6) is 3.68. The van der Waals surface area contributed by atoms with Gasteiger partial charge in [-0.1, -0.05) is 0 Å². The summed E-state index contributed by atoms with van der Waals surface area (Å²) in [6.07, 6.45) is 12.0. The molecular weight excluding hydrogens is 300 g/mol. The number of carbonyl (C=O) groups is 1.